The van der Waals surface area contributed by atoms with Crippen LogP contribution in [0.1, 0.15) is 51.1 Å². The van der Waals surface area contributed by atoms with E-state index in [0.29, 0.717) is 5.69 Å². The molecule has 0 aromatic carbocycles. The molecule has 0 saturated heterocycles. The van der Waals surface area contributed by atoms with Gasteiger partial charge < -0.3 is 5.21 Å². The molecular formula is C13H21NO2. The zero-order chi connectivity index (χ0) is 11.8. The first-order valence-electron chi connectivity index (χ1n) is 6.16. The molecule has 0 aliphatic rings. The van der Waals surface area contributed by atoms with Gasteiger partial charge in [0.2, 0.25) is 0 Å². The molecule has 1 heterocycles. The summed E-state index contributed by atoms with van der Waals surface area (Å²) in [6.07, 6.45) is 8.08. The van der Waals surface area contributed by atoms with E-state index in [4.69, 9.17) is 0 Å². The molecule has 0 aliphatic carbocycles. The van der Waals surface area contributed by atoms with Crippen molar-refractivity contribution in [3.8, 4) is 0 Å². The summed E-state index contributed by atoms with van der Waals surface area (Å²) in [5.74, 6) is 0. The number of rotatable bonds is 7. The van der Waals surface area contributed by atoms with Crippen LogP contribution in [0.2, 0.25) is 0 Å². The van der Waals surface area contributed by atoms with Crippen molar-refractivity contribution < 1.29 is 5.21 Å². The van der Waals surface area contributed by atoms with Crippen LogP contribution in [0, 0.1) is 0 Å². The molecule has 0 radical (unpaired) electrons. The van der Waals surface area contributed by atoms with E-state index in [0.717, 1.165) is 17.6 Å². The standard InChI is InChI=1S/C13H21NO2/c1-2-3-4-5-6-7-9-12-10-8-11-13(15)14(12)16/h8,10-11,16H,2-7,9H2,1H3. The minimum atomic E-state index is -0.344. The van der Waals surface area contributed by atoms with Gasteiger partial charge in [-0.1, -0.05) is 45.1 Å². The van der Waals surface area contributed by atoms with Gasteiger partial charge in [-0.2, -0.15) is 4.73 Å². The van der Waals surface area contributed by atoms with E-state index in [-0.39, 0.29) is 5.56 Å². The molecule has 0 atom stereocenters. The van der Waals surface area contributed by atoms with Crippen molar-refractivity contribution in [1.82, 2.24) is 4.73 Å². The van der Waals surface area contributed by atoms with E-state index in [1.54, 1.807) is 12.1 Å². The third-order valence-electron chi connectivity index (χ3n) is 2.79. The predicted molar refractivity (Wildman–Crippen MR) is 65.0 cm³/mol. The van der Waals surface area contributed by atoms with Gasteiger partial charge >= 0.3 is 0 Å². The minimum Gasteiger partial charge on any atom is -0.425 e. The summed E-state index contributed by atoms with van der Waals surface area (Å²) in [5.41, 5.74) is 0.367. The number of pyridine rings is 1. The first-order chi connectivity index (χ1) is 7.75. The van der Waals surface area contributed by atoms with Gasteiger partial charge in [0.15, 0.2) is 0 Å². The monoisotopic (exact) mass is 223 g/mol. The van der Waals surface area contributed by atoms with Gasteiger partial charge in [0.05, 0.1) is 5.69 Å². The highest BCUT2D eigenvalue weighted by Crippen LogP contribution is 2.08. The van der Waals surface area contributed by atoms with Crippen LogP contribution in [0.3, 0.4) is 0 Å². The van der Waals surface area contributed by atoms with E-state index in [1.165, 1.54) is 38.2 Å². The maximum absolute atomic E-state index is 11.1. The van der Waals surface area contributed by atoms with Crippen molar-refractivity contribution in [2.24, 2.45) is 0 Å². The van der Waals surface area contributed by atoms with Crippen molar-refractivity contribution in [3.63, 3.8) is 0 Å². The molecule has 0 aliphatic heterocycles. The highest BCUT2D eigenvalue weighted by molar-refractivity contribution is 5.05. The molecule has 1 aromatic heterocycles. The third kappa shape index (κ3) is 4.09. The van der Waals surface area contributed by atoms with E-state index in [1.807, 2.05) is 0 Å². The molecule has 3 nitrogen and oxygen atoms in total. The van der Waals surface area contributed by atoms with Crippen molar-refractivity contribution in [2.75, 3.05) is 0 Å². The quantitative estimate of drug-likeness (QED) is 0.570. The lowest BCUT2D eigenvalue weighted by atomic mass is 10.1. The lowest BCUT2D eigenvalue weighted by molar-refractivity contribution is 0.164. The molecule has 1 aromatic rings. The molecule has 3 heteroatoms. The fraction of sp³-hybridized carbons (Fsp3) is 0.615. The Balaban J connectivity index is 2.27. The van der Waals surface area contributed by atoms with Crippen molar-refractivity contribution in [1.29, 1.82) is 0 Å². The number of unbranched alkanes of at least 4 members (excludes halogenated alkanes) is 5. The zero-order valence-corrected chi connectivity index (χ0v) is 9.98. The minimum absolute atomic E-state index is 0.344. The van der Waals surface area contributed by atoms with Gasteiger partial charge in [0.25, 0.3) is 5.56 Å². The van der Waals surface area contributed by atoms with Gasteiger partial charge in [-0.3, -0.25) is 4.79 Å². The van der Waals surface area contributed by atoms with Gasteiger partial charge in [-0.05, 0) is 18.9 Å². The van der Waals surface area contributed by atoms with Crippen molar-refractivity contribution in [3.05, 3.63) is 34.2 Å². The fourth-order valence-electron chi connectivity index (χ4n) is 1.80. The first kappa shape index (κ1) is 12.8. The lowest BCUT2D eigenvalue weighted by Gasteiger charge is -2.05. The number of hydrogen-bond donors (Lipinski definition) is 1. The fourth-order valence-corrected chi connectivity index (χ4v) is 1.80. The number of nitrogens with zero attached hydrogens (tertiary/aromatic N) is 1. The van der Waals surface area contributed by atoms with Crippen LogP contribution in [-0.2, 0) is 6.42 Å². The Morgan fingerprint density at radius 3 is 2.56 bits per heavy atom. The largest absolute Gasteiger partial charge is 0.425 e. The summed E-state index contributed by atoms with van der Waals surface area (Å²) in [4.78, 5) is 11.1. The smallest absolute Gasteiger partial charge is 0.283 e. The van der Waals surface area contributed by atoms with Crippen LogP contribution in [0.25, 0.3) is 0 Å². The summed E-state index contributed by atoms with van der Waals surface area (Å²) in [5, 5.41) is 9.44. The third-order valence-corrected chi connectivity index (χ3v) is 2.79. The van der Waals surface area contributed by atoms with Gasteiger partial charge in [0.1, 0.15) is 0 Å². The summed E-state index contributed by atoms with van der Waals surface area (Å²) < 4.78 is 0.756. The maximum atomic E-state index is 11.1. The molecule has 0 fully saturated rings. The van der Waals surface area contributed by atoms with Crippen LogP contribution < -0.4 is 5.56 Å². The SMILES string of the molecule is CCCCCCCCc1cccc(=O)n1O. The Kier molecular flexibility index (Phi) is 5.68. The second-order valence-electron chi connectivity index (χ2n) is 4.18. The highest BCUT2D eigenvalue weighted by Gasteiger charge is 2.00. The molecule has 0 spiro atoms. The van der Waals surface area contributed by atoms with Gasteiger partial charge in [0, 0.05) is 6.07 Å². The Hall–Kier alpha value is -1.25. The highest BCUT2D eigenvalue weighted by atomic mass is 16.5. The molecule has 0 saturated carbocycles. The molecule has 90 valence electrons. The molecule has 1 N–H and O–H groups in total. The second kappa shape index (κ2) is 7.09. The molecule has 0 bridgehead atoms. The van der Waals surface area contributed by atoms with Crippen LogP contribution in [0.5, 0.6) is 0 Å². The van der Waals surface area contributed by atoms with E-state index in [9.17, 15) is 10.0 Å². The molecule has 0 unspecified atom stereocenters. The number of hydrogen-bond acceptors (Lipinski definition) is 2. The molecule has 0 amide bonds. The Morgan fingerprint density at radius 2 is 1.81 bits per heavy atom. The van der Waals surface area contributed by atoms with Crippen LogP contribution >= 0.6 is 0 Å². The van der Waals surface area contributed by atoms with E-state index >= 15 is 0 Å². The van der Waals surface area contributed by atoms with E-state index < -0.39 is 0 Å². The summed E-state index contributed by atoms with van der Waals surface area (Å²) in [6.45, 7) is 2.20. The number of aromatic nitrogens is 1. The average molecular weight is 223 g/mol. The predicted octanol–water partition coefficient (Wildman–Crippen LogP) is 2.99. The average Bonchev–Trinajstić information content (AvgIpc) is 2.29. The maximum Gasteiger partial charge on any atom is 0.283 e. The lowest BCUT2D eigenvalue weighted by Crippen LogP contribution is -2.19. The number of aryl methyl sites for hydroxylation is 1. The van der Waals surface area contributed by atoms with Crippen LogP contribution in [0.4, 0.5) is 0 Å². The second-order valence-corrected chi connectivity index (χ2v) is 4.18. The van der Waals surface area contributed by atoms with Gasteiger partial charge in [-0.15, -0.1) is 0 Å². The first-order valence-corrected chi connectivity index (χ1v) is 6.16. The van der Waals surface area contributed by atoms with E-state index in [2.05, 4.69) is 6.92 Å². The Bertz CT molecular complexity index is 357. The van der Waals surface area contributed by atoms with Crippen LogP contribution in [-0.4, -0.2) is 9.94 Å². The normalized spacial score (nSPS) is 10.6. The summed E-state index contributed by atoms with van der Waals surface area (Å²) >= 11 is 0. The summed E-state index contributed by atoms with van der Waals surface area (Å²) in [6, 6.07) is 4.86. The Morgan fingerprint density at radius 1 is 1.12 bits per heavy atom. The Labute approximate surface area is 96.7 Å². The molecule has 1 rings (SSSR count). The zero-order valence-electron chi connectivity index (χ0n) is 9.98. The molecule has 16 heavy (non-hydrogen) atoms. The van der Waals surface area contributed by atoms with Crippen molar-refractivity contribution in [2.45, 2.75) is 51.9 Å². The molecular weight excluding hydrogens is 202 g/mol. The van der Waals surface area contributed by atoms with Gasteiger partial charge in [-0.25, -0.2) is 0 Å². The topological polar surface area (TPSA) is 42.2 Å². The van der Waals surface area contributed by atoms with Crippen molar-refractivity contribution >= 4 is 0 Å². The van der Waals surface area contributed by atoms with Crippen LogP contribution in [0.15, 0.2) is 23.0 Å². The summed E-state index contributed by atoms with van der Waals surface area (Å²) in [7, 11) is 0.